The standard InChI is InChI=1S/C19H25N3O3S2/c1-15-3-4-18(13-16(15)2)27(24,25)20-6-7-21-8-10-22(11-9-21)19(23)17-5-12-26-14-17/h3-5,12-14,20H,6-11H2,1-2H3. The number of carbonyl (C=O) groups excluding carboxylic acids is 1. The molecular weight excluding hydrogens is 382 g/mol. The average Bonchev–Trinajstić information content (AvgIpc) is 3.18. The van der Waals surface area contributed by atoms with Gasteiger partial charge in [0.05, 0.1) is 10.5 Å². The number of nitrogens with zero attached hydrogens (tertiary/aromatic N) is 2. The molecule has 1 aliphatic heterocycles. The van der Waals surface area contributed by atoms with Gasteiger partial charge in [0.15, 0.2) is 0 Å². The Hall–Kier alpha value is -1.74. The fraction of sp³-hybridized carbons (Fsp3) is 0.421. The van der Waals surface area contributed by atoms with E-state index in [-0.39, 0.29) is 5.91 Å². The number of carbonyl (C=O) groups is 1. The van der Waals surface area contributed by atoms with Crippen LogP contribution in [-0.4, -0.2) is 63.4 Å². The molecule has 8 heteroatoms. The molecular formula is C19H25N3O3S2. The van der Waals surface area contributed by atoms with Crippen molar-refractivity contribution in [2.75, 3.05) is 39.3 Å². The third-order valence-corrected chi connectivity index (χ3v) is 7.08. The second-order valence-corrected chi connectivity index (χ2v) is 9.34. The first-order valence-corrected chi connectivity index (χ1v) is 11.4. The van der Waals surface area contributed by atoms with Crippen LogP contribution in [0.15, 0.2) is 39.9 Å². The van der Waals surface area contributed by atoms with Gasteiger partial charge in [-0.05, 0) is 48.6 Å². The summed E-state index contributed by atoms with van der Waals surface area (Å²) in [5.41, 5.74) is 2.78. The quantitative estimate of drug-likeness (QED) is 0.796. The maximum absolute atomic E-state index is 12.4. The van der Waals surface area contributed by atoms with Gasteiger partial charge in [-0.15, -0.1) is 0 Å². The van der Waals surface area contributed by atoms with Gasteiger partial charge in [0.25, 0.3) is 5.91 Å². The van der Waals surface area contributed by atoms with Crippen molar-refractivity contribution in [3.05, 3.63) is 51.7 Å². The van der Waals surface area contributed by atoms with E-state index < -0.39 is 10.0 Å². The second kappa shape index (κ2) is 8.52. The highest BCUT2D eigenvalue weighted by Crippen LogP contribution is 2.15. The number of hydrogen-bond acceptors (Lipinski definition) is 5. The van der Waals surface area contributed by atoms with E-state index in [0.717, 1.165) is 29.8 Å². The zero-order valence-corrected chi connectivity index (χ0v) is 17.3. The molecule has 3 rings (SSSR count). The minimum absolute atomic E-state index is 0.0753. The van der Waals surface area contributed by atoms with Gasteiger partial charge in [-0.3, -0.25) is 9.69 Å². The lowest BCUT2D eigenvalue weighted by molar-refractivity contribution is 0.0640. The van der Waals surface area contributed by atoms with E-state index in [4.69, 9.17) is 0 Å². The topological polar surface area (TPSA) is 69.7 Å². The van der Waals surface area contributed by atoms with Crippen molar-refractivity contribution >= 4 is 27.3 Å². The molecule has 2 aromatic rings. The van der Waals surface area contributed by atoms with Gasteiger partial charge in [-0.1, -0.05) is 6.07 Å². The second-order valence-electron chi connectivity index (χ2n) is 6.79. The lowest BCUT2D eigenvalue weighted by Gasteiger charge is -2.34. The average molecular weight is 408 g/mol. The molecule has 1 aliphatic rings. The molecule has 1 aromatic heterocycles. The van der Waals surface area contributed by atoms with E-state index in [1.807, 2.05) is 41.6 Å². The maximum atomic E-state index is 12.4. The van der Waals surface area contributed by atoms with Gasteiger partial charge >= 0.3 is 0 Å². The van der Waals surface area contributed by atoms with Crippen LogP contribution in [0, 0.1) is 13.8 Å². The number of piperazine rings is 1. The number of benzene rings is 1. The van der Waals surface area contributed by atoms with Crippen LogP contribution in [0.4, 0.5) is 0 Å². The summed E-state index contributed by atoms with van der Waals surface area (Å²) in [5.74, 6) is 0.0753. The molecule has 0 radical (unpaired) electrons. The molecule has 0 unspecified atom stereocenters. The normalized spacial score (nSPS) is 15.9. The highest BCUT2D eigenvalue weighted by molar-refractivity contribution is 7.89. The van der Waals surface area contributed by atoms with E-state index in [0.29, 0.717) is 31.1 Å². The van der Waals surface area contributed by atoms with E-state index >= 15 is 0 Å². The molecule has 1 amide bonds. The van der Waals surface area contributed by atoms with Gasteiger partial charge in [0, 0.05) is 44.6 Å². The largest absolute Gasteiger partial charge is 0.336 e. The first kappa shape index (κ1) is 20.0. The fourth-order valence-corrected chi connectivity index (χ4v) is 4.78. The van der Waals surface area contributed by atoms with Crippen LogP contribution < -0.4 is 4.72 Å². The first-order chi connectivity index (χ1) is 12.9. The summed E-state index contributed by atoms with van der Waals surface area (Å²) in [4.78, 5) is 16.7. The van der Waals surface area contributed by atoms with Crippen LogP contribution in [0.3, 0.4) is 0 Å². The van der Waals surface area contributed by atoms with Crippen LogP contribution in [0.2, 0.25) is 0 Å². The molecule has 1 saturated heterocycles. The van der Waals surface area contributed by atoms with Crippen molar-refractivity contribution in [2.45, 2.75) is 18.7 Å². The minimum atomic E-state index is -3.49. The van der Waals surface area contributed by atoms with Gasteiger partial charge in [0.1, 0.15) is 0 Å². The van der Waals surface area contributed by atoms with Gasteiger partial charge in [-0.25, -0.2) is 13.1 Å². The Morgan fingerprint density at radius 1 is 1.11 bits per heavy atom. The van der Waals surface area contributed by atoms with Crippen LogP contribution >= 0.6 is 11.3 Å². The lowest BCUT2D eigenvalue weighted by Crippen LogP contribution is -2.50. The Morgan fingerprint density at radius 2 is 1.85 bits per heavy atom. The Balaban J connectivity index is 1.46. The first-order valence-electron chi connectivity index (χ1n) is 8.97. The predicted octanol–water partition coefficient (Wildman–Crippen LogP) is 2.10. The lowest BCUT2D eigenvalue weighted by atomic mass is 10.1. The summed E-state index contributed by atoms with van der Waals surface area (Å²) >= 11 is 1.52. The molecule has 0 spiro atoms. The minimum Gasteiger partial charge on any atom is -0.336 e. The molecule has 0 atom stereocenters. The smallest absolute Gasteiger partial charge is 0.254 e. The Bertz CT molecular complexity index is 887. The molecule has 1 aromatic carbocycles. The summed E-state index contributed by atoms with van der Waals surface area (Å²) in [6, 6.07) is 7.01. The third-order valence-electron chi connectivity index (χ3n) is 4.94. The van der Waals surface area contributed by atoms with E-state index in [1.54, 1.807) is 12.1 Å². The van der Waals surface area contributed by atoms with E-state index in [2.05, 4.69) is 9.62 Å². The Labute approximate surface area is 164 Å². The zero-order valence-electron chi connectivity index (χ0n) is 15.6. The van der Waals surface area contributed by atoms with Crippen molar-refractivity contribution in [1.82, 2.24) is 14.5 Å². The number of rotatable bonds is 6. The van der Waals surface area contributed by atoms with Crippen LogP contribution in [0.1, 0.15) is 21.5 Å². The molecule has 0 saturated carbocycles. The van der Waals surface area contributed by atoms with Crippen molar-refractivity contribution < 1.29 is 13.2 Å². The predicted molar refractivity (Wildman–Crippen MR) is 108 cm³/mol. The molecule has 0 bridgehead atoms. The molecule has 1 N–H and O–H groups in total. The Kier molecular flexibility index (Phi) is 6.31. The number of thiophene rings is 1. The van der Waals surface area contributed by atoms with Crippen LogP contribution in [0.25, 0.3) is 0 Å². The number of nitrogens with one attached hydrogen (secondary N) is 1. The summed E-state index contributed by atoms with van der Waals surface area (Å²) in [5, 5.41) is 3.78. The fourth-order valence-electron chi connectivity index (χ4n) is 3.05. The Morgan fingerprint density at radius 3 is 2.48 bits per heavy atom. The highest BCUT2D eigenvalue weighted by Gasteiger charge is 2.22. The van der Waals surface area contributed by atoms with Crippen LogP contribution in [-0.2, 0) is 10.0 Å². The number of amides is 1. The van der Waals surface area contributed by atoms with E-state index in [1.165, 1.54) is 11.3 Å². The van der Waals surface area contributed by atoms with Gasteiger partial charge in [0.2, 0.25) is 10.0 Å². The van der Waals surface area contributed by atoms with Gasteiger partial charge < -0.3 is 4.90 Å². The third kappa shape index (κ3) is 4.95. The van der Waals surface area contributed by atoms with Crippen molar-refractivity contribution in [2.24, 2.45) is 0 Å². The summed E-state index contributed by atoms with van der Waals surface area (Å²) in [6.45, 7) is 7.69. The number of aryl methyl sites for hydroxylation is 2. The van der Waals surface area contributed by atoms with Crippen molar-refractivity contribution in [3.8, 4) is 0 Å². The molecule has 6 nitrogen and oxygen atoms in total. The zero-order chi connectivity index (χ0) is 19.4. The summed E-state index contributed by atoms with van der Waals surface area (Å²) < 4.78 is 27.5. The van der Waals surface area contributed by atoms with Crippen LogP contribution in [0.5, 0.6) is 0 Å². The number of hydrogen-bond donors (Lipinski definition) is 1. The molecule has 2 heterocycles. The van der Waals surface area contributed by atoms with E-state index in [9.17, 15) is 13.2 Å². The van der Waals surface area contributed by atoms with Gasteiger partial charge in [-0.2, -0.15) is 11.3 Å². The molecule has 27 heavy (non-hydrogen) atoms. The molecule has 146 valence electrons. The maximum Gasteiger partial charge on any atom is 0.254 e. The SMILES string of the molecule is Cc1ccc(S(=O)(=O)NCCN2CCN(C(=O)c3ccsc3)CC2)cc1C. The summed E-state index contributed by atoms with van der Waals surface area (Å²) in [7, 11) is -3.49. The summed E-state index contributed by atoms with van der Waals surface area (Å²) in [6.07, 6.45) is 0. The van der Waals surface area contributed by atoms with Crippen molar-refractivity contribution in [1.29, 1.82) is 0 Å². The molecule has 1 fully saturated rings. The molecule has 0 aliphatic carbocycles. The highest BCUT2D eigenvalue weighted by atomic mass is 32.2. The number of sulfonamides is 1. The monoisotopic (exact) mass is 407 g/mol. The van der Waals surface area contributed by atoms with Crippen molar-refractivity contribution in [3.63, 3.8) is 0 Å².